The fourth-order valence-electron chi connectivity index (χ4n) is 3.19. The van der Waals surface area contributed by atoms with Gasteiger partial charge in [-0.3, -0.25) is 5.32 Å². The van der Waals surface area contributed by atoms with Crippen LogP contribution in [0, 0.1) is 18.6 Å². The summed E-state index contributed by atoms with van der Waals surface area (Å²) >= 11 is 0. The summed E-state index contributed by atoms with van der Waals surface area (Å²) in [6.07, 6.45) is -5.71. The second-order valence-corrected chi connectivity index (χ2v) is 8.63. The first-order chi connectivity index (χ1) is 16.1. The number of anilines is 2. The normalized spacial score (nSPS) is 12.8. The number of amides is 3. The molecule has 7 nitrogen and oxygen atoms in total. The van der Waals surface area contributed by atoms with Crippen LogP contribution in [-0.2, 0) is 4.74 Å². The van der Waals surface area contributed by atoms with Gasteiger partial charge in [0, 0.05) is 28.4 Å². The molecular weight excluding hydrogens is 477 g/mol. The first-order valence-corrected chi connectivity index (χ1v) is 10.3. The summed E-state index contributed by atoms with van der Waals surface area (Å²) in [6.45, 7) is 6.27. The van der Waals surface area contributed by atoms with Crippen molar-refractivity contribution in [3.8, 4) is 0 Å². The molecule has 0 bridgehead atoms. The summed E-state index contributed by atoms with van der Waals surface area (Å²) in [5, 5.41) is 6.29. The van der Waals surface area contributed by atoms with Gasteiger partial charge in [-0.05, 0) is 58.0 Å². The van der Waals surface area contributed by atoms with E-state index in [1.807, 2.05) is 0 Å². The maximum Gasteiger partial charge on any atom is 0.416 e. The minimum atomic E-state index is -5.01. The third kappa shape index (κ3) is 6.40. The van der Waals surface area contributed by atoms with Crippen LogP contribution in [0.3, 0.4) is 0 Å². The molecule has 1 aromatic heterocycles. The summed E-state index contributed by atoms with van der Waals surface area (Å²) in [4.78, 5) is 24.1. The van der Waals surface area contributed by atoms with Gasteiger partial charge in [0.25, 0.3) is 0 Å². The summed E-state index contributed by atoms with van der Waals surface area (Å²) in [5.41, 5.74) is -0.989. The van der Waals surface area contributed by atoms with Crippen molar-refractivity contribution in [1.82, 2.24) is 5.32 Å². The average Bonchev–Trinajstić information content (AvgIpc) is 3.02. The fourth-order valence-corrected chi connectivity index (χ4v) is 3.19. The average molecular weight is 499 g/mol. The third-order valence-electron chi connectivity index (χ3n) is 4.65. The third-order valence-corrected chi connectivity index (χ3v) is 4.65. The lowest BCUT2D eigenvalue weighted by Crippen LogP contribution is -2.40. The van der Waals surface area contributed by atoms with Gasteiger partial charge in [0.15, 0.2) is 17.4 Å². The summed E-state index contributed by atoms with van der Waals surface area (Å²) in [5.74, 6) is -2.92. The maximum absolute atomic E-state index is 14.0. The van der Waals surface area contributed by atoms with Gasteiger partial charge in [-0.15, -0.1) is 0 Å². The van der Waals surface area contributed by atoms with E-state index in [1.54, 1.807) is 26.1 Å². The molecule has 3 rings (SSSR count). The lowest BCUT2D eigenvalue weighted by Gasteiger charge is -2.21. The van der Waals surface area contributed by atoms with Crippen molar-refractivity contribution >= 4 is 34.5 Å². The highest BCUT2D eigenvalue weighted by Gasteiger charge is 2.45. The highest BCUT2D eigenvalue weighted by atomic mass is 19.4. The number of nitrogens with one attached hydrogen (secondary N) is 3. The second-order valence-electron chi connectivity index (χ2n) is 8.63. The van der Waals surface area contributed by atoms with Crippen LogP contribution in [0.2, 0.25) is 0 Å². The van der Waals surface area contributed by atoms with Gasteiger partial charge in [-0.1, -0.05) is 0 Å². The van der Waals surface area contributed by atoms with Crippen molar-refractivity contribution in [2.24, 2.45) is 0 Å². The maximum atomic E-state index is 14.0. The lowest BCUT2D eigenvalue weighted by atomic mass is 10.1. The number of halogens is 5. The van der Waals surface area contributed by atoms with Crippen LogP contribution in [0.4, 0.5) is 42.9 Å². The Bertz CT molecular complexity index is 1250. The van der Waals surface area contributed by atoms with Crippen molar-refractivity contribution in [3.63, 3.8) is 0 Å². The standard InChI is InChI=1S/C23H22F5N3O4/c1-11-15-9-12(24)10-16(25)18(15)34-17(11)19(23(26,27)28)31-20(32)29-13-5-7-14(8-6-13)30-21(33)35-22(2,3)4/h5-10,19H,1-4H3,(H,30,33)(H2,29,31,32). The predicted octanol–water partition coefficient (Wildman–Crippen LogP) is 6.79. The van der Waals surface area contributed by atoms with E-state index in [2.05, 4.69) is 10.6 Å². The van der Waals surface area contributed by atoms with Crippen molar-refractivity contribution in [2.75, 3.05) is 10.6 Å². The number of furan rings is 1. The first-order valence-electron chi connectivity index (χ1n) is 10.3. The summed E-state index contributed by atoms with van der Waals surface area (Å²) in [6, 6.07) is 2.97. The zero-order chi connectivity index (χ0) is 26.1. The van der Waals surface area contributed by atoms with Crippen molar-refractivity contribution in [3.05, 3.63) is 59.4 Å². The van der Waals surface area contributed by atoms with E-state index in [9.17, 15) is 31.5 Å². The number of fused-ring (bicyclic) bond motifs is 1. The minimum absolute atomic E-state index is 0.118. The molecule has 0 saturated carbocycles. The Kier molecular flexibility index (Phi) is 6.95. The van der Waals surface area contributed by atoms with Crippen molar-refractivity contribution in [2.45, 2.75) is 45.5 Å². The molecule has 0 fully saturated rings. The van der Waals surface area contributed by atoms with Crippen LogP contribution < -0.4 is 16.0 Å². The van der Waals surface area contributed by atoms with Crippen molar-refractivity contribution < 1.29 is 40.7 Å². The number of urea groups is 1. The molecule has 0 saturated heterocycles. The SMILES string of the molecule is Cc1c(C(NC(=O)Nc2ccc(NC(=O)OC(C)(C)C)cc2)C(F)(F)F)oc2c(F)cc(F)cc12. The smallest absolute Gasteiger partial charge is 0.416 e. The molecule has 3 N–H and O–H groups in total. The fraction of sp³-hybridized carbons (Fsp3) is 0.304. The van der Waals surface area contributed by atoms with Gasteiger partial charge in [0.2, 0.25) is 0 Å². The number of hydrogen-bond acceptors (Lipinski definition) is 4. The Morgan fingerprint density at radius 1 is 0.971 bits per heavy atom. The Morgan fingerprint density at radius 3 is 2.09 bits per heavy atom. The monoisotopic (exact) mass is 499 g/mol. The number of carbonyl (C=O) groups excluding carboxylic acids is 2. The molecule has 12 heteroatoms. The van der Waals surface area contributed by atoms with E-state index in [4.69, 9.17) is 9.15 Å². The molecule has 3 amide bonds. The summed E-state index contributed by atoms with van der Waals surface area (Å²) < 4.78 is 79.0. The van der Waals surface area contributed by atoms with Gasteiger partial charge in [-0.2, -0.15) is 13.2 Å². The number of benzene rings is 2. The Morgan fingerprint density at radius 2 is 1.54 bits per heavy atom. The van der Waals surface area contributed by atoms with Gasteiger partial charge < -0.3 is 19.8 Å². The second kappa shape index (κ2) is 9.43. The zero-order valence-corrected chi connectivity index (χ0v) is 19.1. The van der Waals surface area contributed by atoms with E-state index in [0.717, 1.165) is 6.07 Å². The predicted molar refractivity (Wildman–Crippen MR) is 118 cm³/mol. The van der Waals surface area contributed by atoms with Gasteiger partial charge >= 0.3 is 18.3 Å². The number of rotatable bonds is 4. The van der Waals surface area contributed by atoms with E-state index in [0.29, 0.717) is 11.8 Å². The minimum Gasteiger partial charge on any atom is -0.455 e. The van der Waals surface area contributed by atoms with Crippen LogP contribution in [0.25, 0.3) is 11.0 Å². The number of aryl methyl sites for hydroxylation is 1. The lowest BCUT2D eigenvalue weighted by molar-refractivity contribution is -0.158. The topological polar surface area (TPSA) is 92.6 Å². The number of alkyl halides is 3. The van der Waals surface area contributed by atoms with Crippen molar-refractivity contribution in [1.29, 1.82) is 0 Å². The van der Waals surface area contributed by atoms with E-state index in [-0.39, 0.29) is 16.6 Å². The van der Waals surface area contributed by atoms with Crippen LogP contribution in [0.15, 0.2) is 40.8 Å². The number of carbonyl (C=O) groups is 2. The Balaban J connectivity index is 1.75. The molecule has 0 aliphatic carbocycles. The Labute approximate surface area is 196 Å². The van der Waals surface area contributed by atoms with Gasteiger partial charge in [0.1, 0.15) is 17.2 Å². The van der Waals surface area contributed by atoms with E-state index in [1.165, 1.54) is 31.2 Å². The molecule has 0 aliphatic rings. The van der Waals surface area contributed by atoms with Crippen LogP contribution in [-0.4, -0.2) is 23.9 Å². The van der Waals surface area contributed by atoms with Crippen LogP contribution in [0.1, 0.15) is 38.1 Å². The highest BCUT2D eigenvalue weighted by molar-refractivity contribution is 5.91. The largest absolute Gasteiger partial charge is 0.455 e. The van der Waals surface area contributed by atoms with E-state index >= 15 is 0 Å². The zero-order valence-electron chi connectivity index (χ0n) is 19.1. The summed E-state index contributed by atoms with van der Waals surface area (Å²) in [7, 11) is 0. The quantitative estimate of drug-likeness (QED) is 0.345. The highest BCUT2D eigenvalue weighted by Crippen LogP contribution is 2.39. The molecule has 2 aromatic carbocycles. The molecule has 35 heavy (non-hydrogen) atoms. The number of ether oxygens (including phenoxy) is 1. The molecule has 0 spiro atoms. The Hall–Kier alpha value is -3.83. The molecule has 1 atom stereocenters. The molecule has 1 unspecified atom stereocenters. The molecule has 188 valence electrons. The molecule has 1 heterocycles. The van der Waals surface area contributed by atoms with E-state index < -0.39 is 52.9 Å². The van der Waals surface area contributed by atoms with Crippen LogP contribution in [0.5, 0.6) is 0 Å². The van der Waals surface area contributed by atoms with Gasteiger partial charge in [-0.25, -0.2) is 18.4 Å². The van der Waals surface area contributed by atoms with Crippen LogP contribution >= 0.6 is 0 Å². The molecule has 3 aromatic rings. The molecule has 0 radical (unpaired) electrons. The molecule has 0 aliphatic heterocycles. The first kappa shape index (κ1) is 25.8. The molecular formula is C23H22F5N3O4. The number of hydrogen-bond donors (Lipinski definition) is 3. The van der Waals surface area contributed by atoms with Gasteiger partial charge in [0.05, 0.1) is 0 Å².